The Morgan fingerprint density at radius 2 is 2.22 bits per heavy atom. The fraction of sp³-hybridized carbons (Fsp3) is 0.389. The summed E-state index contributed by atoms with van der Waals surface area (Å²) < 4.78 is 24.9. The van der Waals surface area contributed by atoms with E-state index in [9.17, 15) is 19.7 Å². The van der Waals surface area contributed by atoms with E-state index in [0.29, 0.717) is 28.6 Å². The van der Waals surface area contributed by atoms with Gasteiger partial charge in [0.05, 0.1) is 30.6 Å². The van der Waals surface area contributed by atoms with Crippen molar-refractivity contribution in [3.8, 4) is 17.7 Å². The molecule has 3 atom stereocenters. The van der Waals surface area contributed by atoms with E-state index in [0.717, 1.165) is 0 Å². The summed E-state index contributed by atoms with van der Waals surface area (Å²) in [5.41, 5.74) is 2.61. The Balaban J connectivity index is 1.95. The molecule has 1 saturated heterocycles. The summed E-state index contributed by atoms with van der Waals surface area (Å²) in [6.45, 7) is 1.86. The minimum Gasteiger partial charge on any atom is -0.495 e. The van der Waals surface area contributed by atoms with E-state index in [1.54, 1.807) is 12.1 Å². The maximum absolute atomic E-state index is 13.9. The van der Waals surface area contributed by atoms with Crippen molar-refractivity contribution in [2.45, 2.75) is 25.6 Å². The van der Waals surface area contributed by atoms with Crippen molar-refractivity contribution >= 4 is 22.4 Å². The van der Waals surface area contributed by atoms with Gasteiger partial charge in [-0.05, 0) is 18.6 Å². The molecule has 1 aliphatic rings. The van der Waals surface area contributed by atoms with Gasteiger partial charge in [0.2, 0.25) is 5.88 Å². The number of hydrogen-bond acceptors (Lipinski definition) is 7. The molecule has 8 nitrogen and oxygen atoms in total. The summed E-state index contributed by atoms with van der Waals surface area (Å²) in [6, 6.07) is 4.69. The maximum Gasteiger partial charge on any atom is 0.255 e. The standard InChI is InChI=1S/C18H19FN4O4/c1-3-10-14(22-17(24)16(10)19)8-27-18-12-5-15(26-2)9(6-20)4-11(12)13(23-25)7-21-18/h4-5,7,10,14,16,23,25H,3,8H2,1-2H3,(H,22,24)/t10-,14?,16?/m0/s1. The minimum absolute atomic E-state index is 0.0426. The van der Waals surface area contributed by atoms with Gasteiger partial charge in [-0.1, -0.05) is 6.92 Å². The number of nitrogens with one attached hydrogen (secondary N) is 2. The summed E-state index contributed by atoms with van der Waals surface area (Å²) in [6.07, 6.45) is 0.301. The third kappa shape index (κ3) is 3.31. The van der Waals surface area contributed by atoms with E-state index >= 15 is 0 Å². The van der Waals surface area contributed by atoms with Crippen molar-refractivity contribution in [2.24, 2.45) is 5.92 Å². The zero-order valence-electron chi connectivity index (χ0n) is 14.8. The fourth-order valence-electron chi connectivity index (χ4n) is 3.30. The summed E-state index contributed by atoms with van der Waals surface area (Å²) in [4.78, 5) is 15.7. The van der Waals surface area contributed by atoms with Crippen molar-refractivity contribution in [1.29, 1.82) is 5.26 Å². The third-order valence-corrected chi connectivity index (χ3v) is 4.75. The molecule has 3 rings (SSSR count). The molecule has 1 amide bonds. The number of aromatic nitrogens is 1. The number of pyridine rings is 1. The number of nitrogens with zero attached hydrogens (tertiary/aromatic N) is 2. The quantitative estimate of drug-likeness (QED) is 0.663. The van der Waals surface area contributed by atoms with E-state index < -0.39 is 24.0 Å². The summed E-state index contributed by atoms with van der Waals surface area (Å²) in [7, 11) is 1.44. The number of benzene rings is 1. The monoisotopic (exact) mass is 374 g/mol. The van der Waals surface area contributed by atoms with Crippen LogP contribution < -0.4 is 20.3 Å². The predicted octanol–water partition coefficient (Wildman–Crippen LogP) is 2.16. The van der Waals surface area contributed by atoms with Crippen LogP contribution in [0.2, 0.25) is 0 Å². The van der Waals surface area contributed by atoms with Gasteiger partial charge in [0.1, 0.15) is 18.4 Å². The topological polar surface area (TPSA) is 116 Å². The molecule has 0 saturated carbocycles. The SMILES string of the molecule is CC[C@H]1C(COc2ncc(NO)c3cc(C#N)c(OC)cc23)NC(=O)C1F. The molecule has 2 aromatic rings. The second kappa shape index (κ2) is 7.63. The van der Waals surface area contributed by atoms with Crippen molar-refractivity contribution in [2.75, 3.05) is 19.2 Å². The molecule has 2 unspecified atom stereocenters. The lowest BCUT2D eigenvalue weighted by Gasteiger charge is -2.19. The fourth-order valence-corrected chi connectivity index (χ4v) is 3.30. The number of methoxy groups -OCH3 is 1. The van der Waals surface area contributed by atoms with Crippen LogP contribution in [0.3, 0.4) is 0 Å². The van der Waals surface area contributed by atoms with Crippen LogP contribution in [0.4, 0.5) is 10.1 Å². The molecular weight excluding hydrogens is 355 g/mol. The number of alkyl halides is 1. The van der Waals surface area contributed by atoms with Gasteiger partial charge in [-0.2, -0.15) is 5.26 Å². The lowest BCUT2D eigenvalue weighted by molar-refractivity contribution is -0.123. The van der Waals surface area contributed by atoms with Crippen molar-refractivity contribution in [1.82, 2.24) is 10.3 Å². The van der Waals surface area contributed by atoms with Crippen LogP contribution in [0.25, 0.3) is 10.8 Å². The highest BCUT2D eigenvalue weighted by atomic mass is 19.1. The van der Waals surface area contributed by atoms with Gasteiger partial charge in [-0.25, -0.2) is 9.37 Å². The van der Waals surface area contributed by atoms with Gasteiger partial charge < -0.3 is 14.8 Å². The van der Waals surface area contributed by atoms with Crippen LogP contribution in [-0.4, -0.2) is 42.0 Å². The zero-order chi connectivity index (χ0) is 19.6. The van der Waals surface area contributed by atoms with Crippen molar-refractivity contribution in [3.63, 3.8) is 0 Å². The van der Waals surface area contributed by atoms with Crippen LogP contribution >= 0.6 is 0 Å². The number of anilines is 1. The minimum atomic E-state index is -1.55. The van der Waals surface area contributed by atoms with Crippen molar-refractivity contribution in [3.05, 3.63) is 23.9 Å². The first-order valence-corrected chi connectivity index (χ1v) is 8.42. The lowest BCUT2D eigenvalue weighted by Crippen LogP contribution is -2.34. The van der Waals surface area contributed by atoms with Gasteiger partial charge in [-0.3, -0.25) is 15.5 Å². The number of rotatable bonds is 6. The zero-order valence-corrected chi connectivity index (χ0v) is 14.8. The number of fused-ring (bicyclic) bond motifs is 1. The Bertz CT molecular complexity index is 914. The van der Waals surface area contributed by atoms with Crippen LogP contribution in [0.5, 0.6) is 11.6 Å². The normalized spacial score (nSPS) is 21.6. The molecule has 1 fully saturated rings. The number of hydrogen-bond donors (Lipinski definition) is 3. The Hall–Kier alpha value is -3.12. The first kappa shape index (κ1) is 18.7. The highest BCUT2D eigenvalue weighted by Crippen LogP contribution is 2.35. The van der Waals surface area contributed by atoms with Crippen LogP contribution in [-0.2, 0) is 4.79 Å². The molecule has 0 radical (unpaired) electrons. The molecular formula is C18H19FN4O4. The molecule has 0 aliphatic carbocycles. The largest absolute Gasteiger partial charge is 0.495 e. The number of amides is 1. The molecule has 142 valence electrons. The molecule has 1 aromatic heterocycles. The number of carbonyl (C=O) groups is 1. The van der Waals surface area contributed by atoms with E-state index in [1.165, 1.54) is 13.3 Å². The Kier molecular flexibility index (Phi) is 5.28. The smallest absolute Gasteiger partial charge is 0.255 e. The molecule has 1 aliphatic heterocycles. The molecule has 27 heavy (non-hydrogen) atoms. The maximum atomic E-state index is 13.9. The summed E-state index contributed by atoms with van der Waals surface area (Å²) in [5, 5.41) is 22.2. The highest BCUT2D eigenvalue weighted by molar-refractivity contribution is 5.98. The number of nitriles is 1. The Morgan fingerprint density at radius 1 is 1.44 bits per heavy atom. The third-order valence-electron chi connectivity index (χ3n) is 4.75. The van der Waals surface area contributed by atoms with E-state index in [1.807, 2.05) is 18.5 Å². The summed E-state index contributed by atoms with van der Waals surface area (Å²) in [5.74, 6) is -0.551. The van der Waals surface area contributed by atoms with E-state index in [4.69, 9.17) is 9.47 Å². The number of carbonyl (C=O) groups excluding carboxylic acids is 1. The second-order valence-electron chi connectivity index (χ2n) is 6.20. The van der Waals surface area contributed by atoms with Gasteiger partial charge >= 0.3 is 0 Å². The van der Waals surface area contributed by atoms with Crippen LogP contribution in [0.1, 0.15) is 18.9 Å². The first-order chi connectivity index (χ1) is 13.0. The first-order valence-electron chi connectivity index (χ1n) is 8.42. The molecule has 3 N–H and O–H groups in total. The Labute approximate surface area is 154 Å². The van der Waals surface area contributed by atoms with Crippen LogP contribution in [0.15, 0.2) is 18.3 Å². The van der Waals surface area contributed by atoms with Crippen molar-refractivity contribution < 1.29 is 23.9 Å². The van der Waals surface area contributed by atoms with Crippen LogP contribution in [0, 0.1) is 17.2 Å². The van der Waals surface area contributed by atoms with E-state index in [-0.39, 0.29) is 18.1 Å². The van der Waals surface area contributed by atoms with E-state index in [2.05, 4.69) is 10.3 Å². The van der Waals surface area contributed by atoms with Gasteiger partial charge in [0, 0.05) is 16.7 Å². The number of halogens is 1. The van der Waals surface area contributed by atoms with Gasteiger partial charge in [0.25, 0.3) is 5.91 Å². The molecule has 9 heteroatoms. The van der Waals surface area contributed by atoms with Gasteiger partial charge in [-0.15, -0.1) is 0 Å². The molecule has 0 bridgehead atoms. The number of ether oxygens (including phenoxy) is 2. The average molecular weight is 374 g/mol. The molecule has 2 heterocycles. The summed E-state index contributed by atoms with van der Waals surface area (Å²) >= 11 is 0. The molecule has 1 aromatic carbocycles. The lowest BCUT2D eigenvalue weighted by atomic mass is 9.97. The van der Waals surface area contributed by atoms with Gasteiger partial charge in [0.15, 0.2) is 6.17 Å². The molecule has 0 spiro atoms. The Morgan fingerprint density at radius 3 is 2.85 bits per heavy atom. The second-order valence-corrected chi connectivity index (χ2v) is 6.20. The predicted molar refractivity (Wildman–Crippen MR) is 94.5 cm³/mol. The highest BCUT2D eigenvalue weighted by Gasteiger charge is 2.41. The average Bonchev–Trinajstić information content (AvgIpc) is 2.97.